The monoisotopic (exact) mass is 310 g/mol. The quantitative estimate of drug-likeness (QED) is 0.875. The fourth-order valence-electron chi connectivity index (χ4n) is 2.50. The second-order valence-corrected chi connectivity index (χ2v) is 5.59. The van der Waals surface area contributed by atoms with Crippen molar-refractivity contribution in [3.8, 4) is 0 Å². The van der Waals surface area contributed by atoms with E-state index in [4.69, 9.17) is 16.7 Å². The number of halogens is 1. The first-order chi connectivity index (χ1) is 10.1. The van der Waals surface area contributed by atoms with Gasteiger partial charge in [0.2, 0.25) is 5.91 Å². The minimum absolute atomic E-state index is 0.188. The summed E-state index contributed by atoms with van der Waals surface area (Å²) in [4.78, 5) is 26.8. The molecule has 2 rings (SSSR count). The number of amides is 1. The molecule has 0 saturated carbocycles. The lowest BCUT2D eigenvalue weighted by atomic mass is 10.2. The standard InChI is InChI=1S/C15H19ClN2O3/c16-12-4-3-5-13(10-12)18(11-15(20)21)14(19)6-9-17-7-1-2-8-17/h3-5,10H,1-2,6-9,11H2,(H,20,21). The van der Waals surface area contributed by atoms with Gasteiger partial charge in [-0.15, -0.1) is 0 Å². The number of aliphatic carboxylic acids is 1. The number of carbonyl (C=O) groups is 2. The van der Waals surface area contributed by atoms with Crippen LogP contribution in [0.25, 0.3) is 0 Å². The van der Waals surface area contributed by atoms with E-state index in [0.717, 1.165) is 13.1 Å². The van der Waals surface area contributed by atoms with Gasteiger partial charge in [0.25, 0.3) is 0 Å². The molecule has 0 atom stereocenters. The number of carboxylic acids is 1. The van der Waals surface area contributed by atoms with E-state index in [9.17, 15) is 9.59 Å². The molecule has 0 unspecified atom stereocenters. The zero-order valence-corrected chi connectivity index (χ0v) is 12.6. The average molecular weight is 311 g/mol. The molecule has 0 radical (unpaired) electrons. The van der Waals surface area contributed by atoms with Gasteiger partial charge < -0.3 is 14.9 Å². The van der Waals surface area contributed by atoms with Crippen molar-refractivity contribution >= 4 is 29.2 Å². The molecule has 1 aromatic rings. The second kappa shape index (κ2) is 7.43. The first-order valence-electron chi connectivity index (χ1n) is 7.06. The van der Waals surface area contributed by atoms with E-state index in [-0.39, 0.29) is 12.5 Å². The topological polar surface area (TPSA) is 60.9 Å². The van der Waals surface area contributed by atoms with Crippen LogP contribution in [0, 0.1) is 0 Å². The normalized spacial score (nSPS) is 15.1. The maximum Gasteiger partial charge on any atom is 0.323 e. The summed E-state index contributed by atoms with van der Waals surface area (Å²) < 4.78 is 0. The Hall–Kier alpha value is -1.59. The second-order valence-electron chi connectivity index (χ2n) is 5.15. The van der Waals surface area contributed by atoms with Gasteiger partial charge in [-0.25, -0.2) is 0 Å². The zero-order valence-electron chi connectivity index (χ0n) is 11.8. The number of nitrogens with zero attached hydrogens (tertiary/aromatic N) is 2. The van der Waals surface area contributed by atoms with Crippen LogP contribution in [0.15, 0.2) is 24.3 Å². The van der Waals surface area contributed by atoms with E-state index in [1.165, 1.54) is 17.7 Å². The number of hydrogen-bond acceptors (Lipinski definition) is 3. The summed E-state index contributed by atoms with van der Waals surface area (Å²) in [6, 6.07) is 6.71. The molecule has 0 aliphatic carbocycles. The predicted octanol–water partition coefficient (Wildman–Crippen LogP) is 2.24. The first-order valence-corrected chi connectivity index (χ1v) is 7.44. The molecule has 1 fully saturated rings. The maximum atomic E-state index is 12.3. The summed E-state index contributed by atoms with van der Waals surface area (Å²) in [5.74, 6) is -1.23. The average Bonchev–Trinajstić information content (AvgIpc) is 2.95. The molecule has 0 bridgehead atoms. The number of benzene rings is 1. The van der Waals surface area contributed by atoms with Gasteiger partial charge in [0.15, 0.2) is 0 Å². The van der Waals surface area contributed by atoms with E-state index < -0.39 is 5.97 Å². The van der Waals surface area contributed by atoms with Crippen molar-refractivity contribution in [2.24, 2.45) is 0 Å². The van der Waals surface area contributed by atoms with Crippen LogP contribution >= 0.6 is 11.6 Å². The molecular formula is C15H19ClN2O3. The van der Waals surface area contributed by atoms with E-state index in [2.05, 4.69) is 4.90 Å². The lowest BCUT2D eigenvalue weighted by molar-refractivity contribution is -0.136. The van der Waals surface area contributed by atoms with Crippen LogP contribution in [0.5, 0.6) is 0 Å². The summed E-state index contributed by atoms with van der Waals surface area (Å²) >= 11 is 5.92. The van der Waals surface area contributed by atoms with Crippen molar-refractivity contribution < 1.29 is 14.7 Å². The zero-order chi connectivity index (χ0) is 15.2. The molecule has 114 valence electrons. The van der Waals surface area contributed by atoms with Gasteiger partial charge in [0, 0.05) is 23.7 Å². The van der Waals surface area contributed by atoms with E-state index in [0.29, 0.717) is 23.7 Å². The highest BCUT2D eigenvalue weighted by Crippen LogP contribution is 2.20. The Bertz CT molecular complexity index is 515. The first kappa shape index (κ1) is 15.8. The lowest BCUT2D eigenvalue weighted by Crippen LogP contribution is -2.37. The molecule has 1 aromatic carbocycles. The van der Waals surface area contributed by atoms with Crippen molar-refractivity contribution in [1.29, 1.82) is 0 Å². The summed E-state index contributed by atoms with van der Waals surface area (Å²) in [6.07, 6.45) is 2.66. The van der Waals surface area contributed by atoms with Gasteiger partial charge in [-0.2, -0.15) is 0 Å². The van der Waals surface area contributed by atoms with Gasteiger partial charge in [-0.1, -0.05) is 17.7 Å². The minimum Gasteiger partial charge on any atom is -0.480 e. The highest BCUT2D eigenvalue weighted by Gasteiger charge is 2.20. The molecule has 0 aromatic heterocycles. The smallest absolute Gasteiger partial charge is 0.323 e. The number of rotatable bonds is 6. The highest BCUT2D eigenvalue weighted by molar-refractivity contribution is 6.30. The SMILES string of the molecule is O=C(O)CN(C(=O)CCN1CCCC1)c1cccc(Cl)c1. The van der Waals surface area contributed by atoms with Crippen molar-refractivity contribution in [2.45, 2.75) is 19.3 Å². The molecule has 21 heavy (non-hydrogen) atoms. The Labute approximate surface area is 129 Å². The lowest BCUT2D eigenvalue weighted by Gasteiger charge is -2.22. The molecule has 1 aliphatic rings. The van der Waals surface area contributed by atoms with Gasteiger partial charge in [0.05, 0.1) is 0 Å². The van der Waals surface area contributed by atoms with Gasteiger partial charge in [-0.05, 0) is 44.1 Å². The molecule has 0 spiro atoms. The number of carbonyl (C=O) groups excluding carboxylic acids is 1. The van der Waals surface area contributed by atoms with Crippen molar-refractivity contribution in [1.82, 2.24) is 4.90 Å². The Morgan fingerprint density at radius 1 is 1.29 bits per heavy atom. The molecular weight excluding hydrogens is 292 g/mol. The summed E-state index contributed by atoms with van der Waals surface area (Å²) in [5.41, 5.74) is 0.524. The summed E-state index contributed by atoms with van der Waals surface area (Å²) in [7, 11) is 0. The van der Waals surface area contributed by atoms with E-state index >= 15 is 0 Å². The molecule has 5 nitrogen and oxygen atoms in total. The van der Waals surface area contributed by atoms with Crippen LogP contribution < -0.4 is 4.90 Å². The summed E-state index contributed by atoms with van der Waals surface area (Å²) in [5, 5.41) is 9.49. The fourth-order valence-corrected chi connectivity index (χ4v) is 2.68. The van der Waals surface area contributed by atoms with E-state index in [1.54, 1.807) is 24.3 Å². The van der Waals surface area contributed by atoms with Crippen LogP contribution in [0.4, 0.5) is 5.69 Å². The van der Waals surface area contributed by atoms with Crippen molar-refractivity contribution in [3.05, 3.63) is 29.3 Å². The number of carboxylic acid groups (broad SMARTS) is 1. The predicted molar refractivity (Wildman–Crippen MR) is 81.7 cm³/mol. The third-order valence-electron chi connectivity index (χ3n) is 3.55. The Balaban J connectivity index is 2.03. The van der Waals surface area contributed by atoms with Crippen molar-refractivity contribution in [2.75, 3.05) is 31.1 Å². The molecule has 1 saturated heterocycles. The fraction of sp³-hybridized carbons (Fsp3) is 0.467. The number of likely N-dealkylation sites (tertiary alicyclic amines) is 1. The largest absolute Gasteiger partial charge is 0.480 e. The van der Waals surface area contributed by atoms with Gasteiger partial charge in [-0.3, -0.25) is 9.59 Å². The molecule has 1 heterocycles. The number of hydrogen-bond donors (Lipinski definition) is 1. The third-order valence-corrected chi connectivity index (χ3v) is 3.79. The maximum absolute atomic E-state index is 12.3. The Morgan fingerprint density at radius 2 is 2.00 bits per heavy atom. The Kier molecular flexibility index (Phi) is 5.59. The van der Waals surface area contributed by atoms with Gasteiger partial charge >= 0.3 is 5.97 Å². The van der Waals surface area contributed by atoms with E-state index in [1.807, 2.05) is 0 Å². The molecule has 1 aliphatic heterocycles. The van der Waals surface area contributed by atoms with Gasteiger partial charge in [0.1, 0.15) is 6.54 Å². The van der Waals surface area contributed by atoms with Crippen LogP contribution in [0.2, 0.25) is 5.02 Å². The van der Waals surface area contributed by atoms with Crippen LogP contribution in [-0.2, 0) is 9.59 Å². The van der Waals surface area contributed by atoms with Crippen LogP contribution in [-0.4, -0.2) is 48.1 Å². The molecule has 1 amide bonds. The van der Waals surface area contributed by atoms with Crippen molar-refractivity contribution in [3.63, 3.8) is 0 Å². The Morgan fingerprint density at radius 3 is 2.62 bits per heavy atom. The third kappa shape index (κ3) is 4.72. The minimum atomic E-state index is -1.04. The number of anilines is 1. The summed E-state index contributed by atoms with van der Waals surface area (Å²) in [6.45, 7) is 2.36. The molecule has 6 heteroatoms. The van der Waals surface area contributed by atoms with Crippen LogP contribution in [0.3, 0.4) is 0 Å². The molecule has 1 N–H and O–H groups in total. The highest BCUT2D eigenvalue weighted by atomic mass is 35.5. The van der Waals surface area contributed by atoms with Crippen LogP contribution in [0.1, 0.15) is 19.3 Å².